The van der Waals surface area contributed by atoms with Crippen LogP contribution < -0.4 is 4.90 Å². The van der Waals surface area contributed by atoms with E-state index in [1.54, 1.807) is 0 Å². The molecule has 1 fully saturated rings. The number of hydrogen-bond donors (Lipinski definition) is 0. The number of aromatic nitrogens is 3. The van der Waals surface area contributed by atoms with E-state index >= 15 is 0 Å². The zero-order valence-electron chi connectivity index (χ0n) is 18.8. The zero-order valence-corrected chi connectivity index (χ0v) is 18.8. The van der Waals surface area contributed by atoms with E-state index in [-0.39, 0.29) is 6.10 Å². The molecule has 32 heavy (non-hydrogen) atoms. The van der Waals surface area contributed by atoms with Crippen LogP contribution in [0, 0.1) is 6.92 Å². The average Bonchev–Trinajstić information content (AvgIpc) is 3.33. The van der Waals surface area contributed by atoms with Crippen molar-refractivity contribution >= 4 is 5.82 Å². The molecule has 0 amide bonds. The molecule has 166 valence electrons. The molecular weight excluding hydrogens is 398 g/mol. The van der Waals surface area contributed by atoms with Crippen molar-refractivity contribution < 1.29 is 4.74 Å². The molecule has 0 radical (unpaired) electrons. The Morgan fingerprint density at radius 3 is 2.75 bits per heavy atom. The molecule has 6 nitrogen and oxygen atoms in total. The number of ether oxygens (including phenoxy) is 1. The molecule has 0 spiro atoms. The molecule has 0 aliphatic carbocycles. The van der Waals surface area contributed by atoms with Gasteiger partial charge in [-0.15, -0.1) is 0 Å². The van der Waals surface area contributed by atoms with Crippen LogP contribution in [-0.2, 0) is 30.8 Å². The minimum atomic E-state index is 0.244. The molecule has 3 aromatic rings. The number of rotatable bonds is 7. The first-order chi connectivity index (χ1) is 15.7. The highest BCUT2D eigenvalue weighted by Gasteiger charge is 2.27. The van der Waals surface area contributed by atoms with Crippen molar-refractivity contribution in [1.82, 2.24) is 19.9 Å². The summed E-state index contributed by atoms with van der Waals surface area (Å²) in [4.78, 5) is 19.3. The van der Waals surface area contributed by atoms with Crippen molar-refractivity contribution in [3.63, 3.8) is 0 Å². The van der Waals surface area contributed by atoms with Gasteiger partial charge in [-0.1, -0.05) is 36.4 Å². The summed E-state index contributed by atoms with van der Waals surface area (Å²) >= 11 is 0. The standard InChI is InChI=1S/C26H31N5O/c1-20-28-25-12-14-30(16-21-8-3-2-4-9-21)19-24(25)26(29-20)31(18-23-11-7-15-32-23)17-22-10-5-6-13-27-22/h2-6,8-10,13,23H,7,11-12,14-19H2,1H3. The van der Waals surface area contributed by atoms with Crippen molar-refractivity contribution in [1.29, 1.82) is 0 Å². The van der Waals surface area contributed by atoms with E-state index in [4.69, 9.17) is 14.7 Å². The molecule has 2 aromatic heterocycles. The van der Waals surface area contributed by atoms with Gasteiger partial charge in [-0.3, -0.25) is 9.88 Å². The first-order valence-corrected chi connectivity index (χ1v) is 11.6. The maximum absolute atomic E-state index is 6.00. The summed E-state index contributed by atoms with van der Waals surface area (Å²) in [6, 6.07) is 16.8. The normalized spacial score (nSPS) is 18.5. The number of benzene rings is 1. The second-order valence-electron chi connectivity index (χ2n) is 8.80. The molecule has 1 atom stereocenters. The molecule has 2 aliphatic heterocycles. The molecule has 6 heteroatoms. The number of hydrogen-bond acceptors (Lipinski definition) is 6. The number of aryl methyl sites for hydroxylation is 1. The first kappa shape index (κ1) is 21.0. The molecule has 2 aliphatic rings. The largest absolute Gasteiger partial charge is 0.376 e. The van der Waals surface area contributed by atoms with Crippen LogP contribution in [0.1, 0.15) is 41.2 Å². The van der Waals surface area contributed by atoms with Crippen LogP contribution in [0.15, 0.2) is 54.7 Å². The number of pyridine rings is 1. The van der Waals surface area contributed by atoms with Crippen molar-refractivity contribution in [3.8, 4) is 0 Å². The lowest BCUT2D eigenvalue weighted by molar-refractivity contribution is 0.115. The van der Waals surface area contributed by atoms with Crippen molar-refractivity contribution in [2.45, 2.75) is 51.9 Å². The minimum absolute atomic E-state index is 0.244. The fourth-order valence-corrected chi connectivity index (χ4v) is 4.76. The monoisotopic (exact) mass is 429 g/mol. The van der Waals surface area contributed by atoms with Gasteiger partial charge in [0.1, 0.15) is 11.6 Å². The topological polar surface area (TPSA) is 54.4 Å². The van der Waals surface area contributed by atoms with Gasteiger partial charge < -0.3 is 9.64 Å². The highest BCUT2D eigenvalue weighted by atomic mass is 16.5. The third-order valence-corrected chi connectivity index (χ3v) is 6.30. The summed E-state index contributed by atoms with van der Waals surface area (Å²) in [5.74, 6) is 1.89. The summed E-state index contributed by atoms with van der Waals surface area (Å²) in [5, 5.41) is 0. The Labute approximate surface area is 190 Å². The van der Waals surface area contributed by atoms with Crippen LogP contribution in [0.3, 0.4) is 0 Å². The van der Waals surface area contributed by atoms with Crippen LogP contribution in [0.2, 0.25) is 0 Å². The molecule has 1 saturated heterocycles. The molecule has 1 aromatic carbocycles. The first-order valence-electron chi connectivity index (χ1n) is 11.6. The third-order valence-electron chi connectivity index (χ3n) is 6.30. The Bertz CT molecular complexity index is 1020. The van der Waals surface area contributed by atoms with E-state index in [1.807, 2.05) is 19.2 Å². The molecule has 5 rings (SSSR count). The van der Waals surface area contributed by atoms with Crippen molar-refractivity contribution in [3.05, 3.63) is 83.1 Å². The van der Waals surface area contributed by atoms with Gasteiger partial charge in [-0.2, -0.15) is 0 Å². The van der Waals surface area contributed by atoms with Gasteiger partial charge in [0.05, 0.1) is 24.0 Å². The maximum Gasteiger partial charge on any atom is 0.137 e. The number of anilines is 1. The van der Waals surface area contributed by atoms with E-state index in [9.17, 15) is 0 Å². The molecule has 0 N–H and O–H groups in total. The van der Waals surface area contributed by atoms with E-state index < -0.39 is 0 Å². The number of nitrogens with zero attached hydrogens (tertiary/aromatic N) is 5. The van der Waals surface area contributed by atoms with Crippen LogP contribution in [-0.4, -0.2) is 45.7 Å². The van der Waals surface area contributed by atoms with Gasteiger partial charge in [0.2, 0.25) is 0 Å². The Kier molecular flexibility index (Phi) is 6.41. The third kappa shape index (κ3) is 4.97. The summed E-state index contributed by atoms with van der Waals surface area (Å²) in [6.07, 6.45) is 5.30. The second kappa shape index (κ2) is 9.76. The van der Waals surface area contributed by atoms with Crippen molar-refractivity contribution in [2.75, 3.05) is 24.6 Å². The predicted octanol–water partition coefficient (Wildman–Crippen LogP) is 3.92. The highest BCUT2D eigenvalue weighted by molar-refractivity contribution is 5.51. The summed E-state index contributed by atoms with van der Waals surface area (Å²) in [6.45, 7) is 7.24. The predicted molar refractivity (Wildman–Crippen MR) is 125 cm³/mol. The fourth-order valence-electron chi connectivity index (χ4n) is 4.76. The van der Waals surface area contributed by atoms with Crippen LogP contribution >= 0.6 is 0 Å². The zero-order chi connectivity index (χ0) is 21.8. The lowest BCUT2D eigenvalue weighted by atomic mass is 10.0. The van der Waals surface area contributed by atoms with Gasteiger partial charge in [0.25, 0.3) is 0 Å². The Morgan fingerprint density at radius 1 is 1.09 bits per heavy atom. The van der Waals surface area contributed by atoms with Crippen LogP contribution in [0.25, 0.3) is 0 Å². The average molecular weight is 430 g/mol. The van der Waals surface area contributed by atoms with E-state index in [0.717, 1.165) is 75.9 Å². The van der Waals surface area contributed by atoms with Crippen molar-refractivity contribution in [2.24, 2.45) is 0 Å². The molecule has 4 heterocycles. The van der Waals surface area contributed by atoms with Crippen LogP contribution in [0.5, 0.6) is 0 Å². The Morgan fingerprint density at radius 2 is 1.97 bits per heavy atom. The number of fused-ring (bicyclic) bond motifs is 1. The second-order valence-corrected chi connectivity index (χ2v) is 8.80. The van der Waals surface area contributed by atoms with Crippen LogP contribution in [0.4, 0.5) is 5.82 Å². The van der Waals surface area contributed by atoms with Gasteiger partial charge in [-0.25, -0.2) is 9.97 Å². The van der Waals surface area contributed by atoms with Gasteiger partial charge in [0, 0.05) is 51.0 Å². The lowest BCUT2D eigenvalue weighted by Gasteiger charge is -2.34. The summed E-state index contributed by atoms with van der Waals surface area (Å²) in [5.41, 5.74) is 4.84. The quantitative estimate of drug-likeness (QED) is 0.567. The SMILES string of the molecule is Cc1nc2c(c(N(Cc3ccccn3)CC3CCCO3)n1)CN(Cc1ccccc1)CC2. The van der Waals surface area contributed by atoms with E-state index in [2.05, 4.69) is 57.2 Å². The van der Waals surface area contributed by atoms with Gasteiger partial charge in [-0.05, 0) is 37.5 Å². The maximum atomic E-state index is 6.00. The van der Waals surface area contributed by atoms with E-state index in [1.165, 1.54) is 16.8 Å². The van der Waals surface area contributed by atoms with Gasteiger partial charge >= 0.3 is 0 Å². The summed E-state index contributed by atoms with van der Waals surface area (Å²) in [7, 11) is 0. The fraction of sp³-hybridized carbons (Fsp3) is 0.423. The molecule has 1 unspecified atom stereocenters. The Balaban J connectivity index is 1.45. The molecular formula is C26H31N5O. The lowest BCUT2D eigenvalue weighted by Crippen LogP contribution is -2.37. The highest BCUT2D eigenvalue weighted by Crippen LogP contribution is 2.29. The van der Waals surface area contributed by atoms with Gasteiger partial charge in [0.15, 0.2) is 0 Å². The molecule has 0 saturated carbocycles. The molecule has 0 bridgehead atoms. The smallest absolute Gasteiger partial charge is 0.137 e. The Hall–Kier alpha value is -2.83. The minimum Gasteiger partial charge on any atom is -0.376 e. The van der Waals surface area contributed by atoms with E-state index in [0.29, 0.717) is 0 Å². The summed E-state index contributed by atoms with van der Waals surface area (Å²) < 4.78 is 6.00.